The van der Waals surface area contributed by atoms with Crippen LogP contribution in [0, 0.1) is 6.92 Å². The molecule has 0 spiro atoms. The third-order valence-electron chi connectivity index (χ3n) is 4.50. The fourth-order valence-corrected chi connectivity index (χ4v) is 3.28. The SMILES string of the molecule is Cc1cccc(-c2nc3c(C(N)=O)cccc3n2Cc2ccccc2)c1. The van der Waals surface area contributed by atoms with Gasteiger partial charge in [0.1, 0.15) is 11.3 Å². The molecule has 0 saturated heterocycles. The Bertz CT molecular complexity index is 1100. The first-order valence-electron chi connectivity index (χ1n) is 8.53. The summed E-state index contributed by atoms with van der Waals surface area (Å²) in [5.41, 5.74) is 10.9. The summed E-state index contributed by atoms with van der Waals surface area (Å²) in [6.45, 7) is 2.73. The van der Waals surface area contributed by atoms with Gasteiger partial charge in [0.25, 0.3) is 5.91 Å². The van der Waals surface area contributed by atoms with Gasteiger partial charge in [-0.3, -0.25) is 4.79 Å². The zero-order valence-corrected chi connectivity index (χ0v) is 14.5. The van der Waals surface area contributed by atoms with Gasteiger partial charge in [-0.1, -0.05) is 60.2 Å². The van der Waals surface area contributed by atoms with Crippen LogP contribution >= 0.6 is 0 Å². The molecule has 128 valence electrons. The largest absolute Gasteiger partial charge is 0.366 e. The number of nitrogens with two attached hydrogens (primary N) is 1. The number of amides is 1. The van der Waals surface area contributed by atoms with Crippen LogP contribution in [0.4, 0.5) is 0 Å². The van der Waals surface area contributed by atoms with Crippen LogP contribution in [0.1, 0.15) is 21.5 Å². The molecule has 0 saturated carbocycles. The predicted molar refractivity (Wildman–Crippen MR) is 104 cm³/mol. The van der Waals surface area contributed by atoms with Crippen molar-refractivity contribution in [3.8, 4) is 11.4 Å². The molecule has 2 N–H and O–H groups in total. The highest BCUT2D eigenvalue weighted by atomic mass is 16.1. The van der Waals surface area contributed by atoms with Crippen LogP contribution in [0.2, 0.25) is 0 Å². The number of imidazole rings is 1. The normalized spacial score (nSPS) is 11.0. The van der Waals surface area contributed by atoms with E-state index in [0.717, 1.165) is 22.5 Å². The molecule has 0 aliphatic carbocycles. The van der Waals surface area contributed by atoms with Crippen molar-refractivity contribution in [2.24, 2.45) is 5.73 Å². The van der Waals surface area contributed by atoms with Gasteiger partial charge in [-0.15, -0.1) is 0 Å². The van der Waals surface area contributed by atoms with E-state index < -0.39 is 5.91 Å². The van der Waals surface area contributed by atoms with E-state index in [1.165, 1.54) is 5.56 Å². The zero-order chi connectivity index (χ0) is 18.1. The monoisotopic (exact) mass is 341 g/mol. The number of aryl methyl sites for hydroxylation is 1. The first kappa shape index (κ1) is 16.1. The van der Waals surface area contributed by atoms with Crippen LogP contribution in [0.15, 0.2) is 72.8 Å². The minimum absolute atomic E-state index is 0.447. The molecular formula is C22H19N3O. The molecule has 4 rings (SSSR count). The fraction of sp³-hybridized carbons (Fsp3) is 0.0909. The molecule has 0 aliphatic heterocycles. The molecule has 1 aromatic heterocycles. The Kier molecular flexibility index (Phi) is 4.01. The first-order valence-corrected chi connectivity index (χ1v) is 8.53. The first-order chi connectivity index (χ1) is 12.6. The van der Waals surface area contributed by atoms with Crippen LogP contribution < -0.4 is 5.73 Å². The minimum Gasteiger partial charge on any atom is -0.366 e. The van der Waals surface area contributed by atoms with Crippen molar-refractivity contribution >= 4 is 16.9 Å². The summed E-state index contributed by atoms with van der Waals surface area (Å²) < 4.78 is 2.14. The summed E-state index contributed by atoms with van der Waals surface area (Å²) in [6, 6.07) is 24.0. The lowest BCUT2D eigenvalue weighted by Gasteiger charge is -2.10. The molecule has 0 fully saturated rings. The van der Waals surface area contributed by atoms with Gasteiger partial charge in [-0.2, -0.15) is 0 Å². The number of para-hydroxylation sites is 1. The van der Waals surface area contributed by atoms with E-state index in [4.69, 9.17) is 10.7 Å². The number of fused-ring (bicyclic) bond motifs is 1. The quantitative estimate of drug-likeness (QED) is 0.606. The van der Waals surface area contributed by atoms with Crippen LogP contribution in [0.5, 0.6) is 0 Å². The highest BCUT2D eigenvalue weighted by Crippen LogP contribution is 2.28. The number of primary amides is 1. The average molecular weight is 341 g/mol. The number of nitrogens with zero attached hydrogens (tertiary/aromatic N) is 2. The van der Waals surface area contributed by atoms with Crippen molar-refractivity contribution in [1.82, 2.24) is 9.55 Å². The van der Waals surface area contributed by atoms with Crippen molar-refractivity contribution in [3.63, 3.8) is 0 Å². The zero-order valence-electron chi connectivity index (χ0n) is 14.5. The number of carbonyl (C=O) groups is 1. The molecule has 26 heavy (non-hydrogen) atoms. The standard InChI is InChI=1S/C22H19N3O/c1-15-7-5-10-17(13-15)22-24-20-18(21(23)26)11-6-12-19(20)25(22)14-16-8-3-2-4-9-16/h2-13H,14H2,1H3,(H2,23,26). The summed E-state index contributed by atoms with van der Waals surface area (Å²) in [5.74, 6) is 0.372. The van der Waals surface area contributed by atoms with E-state index >= 15 is 0 Å². The maximum atomic E-state index is 11.9. The van der Waals surface area contributed by atoms with E-state index in [2.05, 4.69) is 35.8 Å². The van der Waals surface area contributed by atoms with Gasteiger partial charge in [0.15, 0.2) is 0 Å². The summed E-state index contributed by atoms with van der Waals surface area (Å²) >= 11 is 0. The lowest BCUT2D eigenvalue weighted by atomic mass is 10.1. The van der Waals surface area contributed by atoms with Gasteiger partial charge in [-0.05, 0) is 30.7 Å². The Morgan fingerprint density at radius 2 is 1.77 bits per heavy atom. The van der Waals surface area contributed by atoms with E-state index in [1.54, 1.807) is 6.07 Å². The third-order valence-corrected chi connectivity index (χ3v) is 4.50. The molecule has 0 bridgehead atoms. The number of benzene rings is 3. The lowest BCUT2D eigenvalue weighted by Crippen LogP contribution is -2.11. The number of aromatic nitrogens is 2. The second kappa shape index (κ2) is 6.48. The van der Waals surface area contributed by atoms with Crippen molar-refractivity contribution in [1.29, 1.82) is 0 Å². The molecule has 4 heteroatoms. The molecule has 1 heterocycles. The molecule has 0 unspecified atom stereocenters. The van der Waals surface area contributed by atoms with Gasteiger partial charge in [0, 0.05) is 12.1 Å². The summed E-state index contributed by atoms with van der Waals surface area (Å²) in [6.07, 6.45) is 0. The summed E-state index contributed by atoms with van der Waals surface area (Å²) in [7, 11) is 0. The van der Waals surface area contributed by atoms with Gasteiger partial charge in [0.05, 0.1) is 11.1 Å². The average Bonchev–Trinajstić information content (AvgIpc) is 3.01. The number of carbonyl (C=O) groups excluding carboxylic acids is 1. The van der Waals surface area contributed by atoms with Gasteiger partial charge in [0.2, 0.25) is 0 Å². The number of hydrogen-bond donors (Lipinski definition) is 1. The van der Waals surface area contributed by atoms with E-state index in [-0.39, 0.29) is 0 Å². The molecule has 0 aliphatic rings. The Balaban J connectivity index is 1.98. The second-order valence-corrected chi connectivity index (χ2v) is 6.41. The molecule has 4 aromatic rings. The molecular weight excluding hydrogens is 322 g/mol. The van der Waals surface area contributed by atoms with Crippen molar-refractivity contribution < 1.29 is 4.79 Å². The van der Waals surface area contributed by atoms with Crippen molar-refractivity contribution in [3.05, 3.63) is 89.5 Å². The summed E-state index contributed by atoms with van der Waals surface area (Å²) in [4.78, 5) is 16.7. The highest BCUT2D eigenvalue weighted by molar-refractivity contribution is 6.04. The Hall–Kier alpha value is -3.40. The highest BCUT2D eigenvalue weighted by Gasteiger charge is 2.17. The Labute approximate surface area is 151 Å². The molecule has 4 nitrogen and oxygen atoms in total. The smallest absolute Gasteiger partial charge is 0.250 e. The van der Waals surface area contributed by atoms with E-state index in [0.29, 0.717) is 17.6 Å². The Morgan fingerprint density at radius 3 is 2.50 bits per heavy atom. The van der Waals surface area contributed by atoms with Gasteiger partial charge < -0.3 is 10.3 Å². The molecule has 0 radical (unpaired) electrons. The molecule has 3 aromatic carbocycles. The lowest BCUT2D eigenvalue weighted by molar-refractivity contribution is 0.100. The minimum atomic E-state index is -0.462. The van der Waals surface area contributed by atoms with Gasteiger partial charge >= 0.3 is 0 Å². The Morgan fingerprint density at radius 1 is 1.00 bits per heavy atom. The van der Waals surface area contributed by atoms with Crippen LogP contribution in [-0.4, -0.2) is 15.5 Å². The molecule has 1 amide bonds. The van der Waals surface area contributed by atoms with Crippen molar-refractivity contribution in [2.75, 3.05) is 0 Å². The predicted octanol–water partition coefficient (Wildman–Crippen LogP) is 4.16. The second-order valence-electron chi connectivity index (χ2n) is 6.41. The van der Waals surface area contributed by atoms with Crippen LogP contribution in [-0.2, 0) is 6.54 Å². The number of rotatable bonds is 4. The van der Waals surface area contributed by atoms with E-state index in [9.17, 15) is 4.79 Å². The van der Waals surface area contributed by atoms with Crippen molar-refractivity contribution in [2.45, 2.75) is 13.5 Å². The number of hydrogen-bond acceptors (Lipinski definition) is 2. The molecule has 0 atom stereocenters. The third kappa shape index (κ3) is 2.86. The maximum absolute atomic E-state index is 11.9. The summed E-state index contributed by atoms with van der Waals surface area (Å²) in [5, 5.41) is 0. The topological polar surface area (TPSA) is 60.9 Å². The van der Waals surface area contributed by atoms with Crippen LogP contribution in [0.25, 0.3) is 22.4 Å². The van der Waals surface area contributed by atoms with Crippen LogP contribution in [0.3, 0.4) is 0 Å². The van der Waals surface area contributed by atoms with Gasteiger partial charge in [-0.25, -0.2) is 4.98 Å². The van der Waals surface area contributed by atoms with E-state index in [1.807, 2.05) is 42.5 Å². The fourth-order valence-electron chi connectivity index (χ4n) is 3.28. The maximum Gasteiger partial charge on any atom is 0.250 e.